The number of ketones is 1. The molecular formula is C15H9BrFNO2. The van der Waals surface area contributed by atoms with Crippen LogP contribution in [0.15, 0.2) is 40.9 Å². The van der Waals surface area contributed by atoms with E-state index in [0.717, 1.165) is 4.47 Å². The first-order valence-corrected chi connectivity index (χ1v) is 6.49. The molecule has 0 atom stereocenters. The smallest absolute Gasteiger partial charge is 0.163 e. The van der Waals surface area contributed by atoms with Crippen molar-refractivity contribution in [2.24, 2.45) is 0 Å². The molecule has 0 heterocycles. The van der Waals surface area contributed by atoms with E-state index in [1.165, 1.54) is 25.1 Å². The Morgan fingerprint density at radius 1 is 1.30 bits per heavy atom. The van der Waals surface area contributed by atoms with E-state index in [9.17, 15) is 9.18 Å². The van der Waals surface area contributed by atoms with Gasteiger partial charge in [0.2, 0.25) is 0 Å². The summed E-state index contributed by atoms with van der Waals surface area (Å²) in [5, 5.41) is 8.96. The number of nitriles is 1. The van der Waals surface area contributed by atoms with Crippen LogP contribution in [0.3, 0.4) is 0 Å². The Labute approximate surface area is 123 Å². The second-order valence-corrected chi connectivity index (χ2v) is 4.94. The molecule has 0 fully saturated rings. The van der Waals surface area contributed by atoms with Crippen molar-refractivity contribution >= 4 is 21.7 Å². The zero-order chi connectivity index (χ0) is 14.7. The summed E-state index contributed by atoms with van der Waals surface area (Å²) in [4.78, 5) is 11.6. The van der Waals surface area contributed by atoms with Gasteiger partial charge >= 0.3 is 0 Å². The van der Waals surface area contributed by atoms with Crippen molar-refractivity contribution in [3.63, 3.8) is 0 Å². The van der Waals surface area contributed by atoms with Crippen LogP contribution in [-0.2, 0) is 0 Å². The van der Waals surface area contributed by atoms with Crippen molar-refractivity contribution in [1.82, 2.24) is 0 Å². The number of carbonyl (C=O) groups is 1. The number of rotatable bonds is 3. The molecular weight excluding hydrogens is 325 g/mol. The van der Waals surface area contributed by atoms with Gasteiger partial charge in [-0.3, -0.25) is 4.79 Å². The summed E-state index contributed by atoms with van der Waals surface area (Å²) in [7, 11) is 0. The average Bonchev–Trinajstić information content (AvgIpc) is 2.41. The molecule has 20 heavy (non-hydrogen) atoms. The highest BCUT2D eigenvalue weighted by Crippen LogP contribution is 2.31. The van der Waals surface area contributed by atoms with Gasteiger partial charge in [0.25, 0.3) is 0 Å². The van der Waals surface area contributed by atoms with E-state index in [2.05, 4.69) is 15.9 Å². The highest BCUT2D eigenvalue weighted by molar-refractivity contribution is 9.10. The molecule has 0 bridgehead atoms. The van der Waals surface area contributed by atoms with Gasteiger partial charge in [-0.05, 0) is 37.3 Å². The van der Waals surface area contributed by atoms with Crippen molar-refractivity contribution in [3.8, 4) is 17.6 Å². The first kappa shape index (κ1) is 14.2. The summed E-state index contributed by atoms with van der Waals surface area (Å²) in [5.41, 5.74) is 0.164. The van der Waals surface area contributed by atoms with Gasteiger partial charge < -0.3 is 4.74 Å². The third-order valence-corrected chi connectivity index (χ3v) is 3.12. The Morgan fingerprint density at radius 3 is 2.70 bits per heavy atom. The molecule has 0 aliphatic heterocycles. The third-order valence-electron chi connectivity index (χ3n) is 2.63. The van der Waals surface area contributed by atoms with Crippen molar-refractivity contribution in [2.45, 2.75) is 6.92 Å². The minimum absolute atomic E-state index is 0.0809. The van der Waals surface area contributed by atoms with E-state index in [1.807, 2.05) is 0 Å². The van der Waals surface area contributed by atoms with Crippen LogP contribution >= 0.6 is 15.9 Å². The lowest BCUT2D eigenvalue weighted by atomic mass is 10.1. The molecule has 2 aromatic carbocycles. The zero-order valence-electron chi connectivity index (χ0n) is 10.5. The van der Waals surface area contributed by atoms with Gasteiger partial charge in [0, 0.05) is 4.47 Å². The van der Waals surface area contributed by atoms with Crippen LogP contribution < -0.4 is 4.74 Å². The summed E-state index contributed by atoms with van der Waals surface area (Å²) >= 11 is 3.27. The van der Waals surface area contributed by atoms with Crippen LogP contribution in [-0.4, -0.2) is 5.78 Å². The van der Waals surface area contributed by atoms with Crippen molar-refractivity contribution in [1.29, 1.82) is 5.26 Å². The van der Waals surface area contributed by atoms with Gasteiger partial charge in [-0.2, -0.15) is 5.26 Å². The topological polar surface area (TPSA) is 50.1 Å². The molecule has 0 N–H and O–H groups in total. The van der Waals surface area contributed by atoms with Gasteiger partial charge in [0.15, 0.2) is 5.78 Å². The molecule has 0 radical (unpaired) electrons. The molecule has 0 aliphatic carbocycles. The molecule has 2 aromatic rings. The molecule has 0 unspecified atom stereocenters. The summed E-state index contributed by atoms with van der Waals surface area (Å²) in [6.07, 6.45) is 0. The van der Waals surface area contributed by atoms with E-state index in [1.54, 1.807) is 24.3 Å². The molecule has 5 heteroatoms. The molecule has 100 valence electrons. The standard InChI is InChI=1S/C15H9BrFNO2/c1-9(19)11-7-10(16)5-6-15(11)20-14-4-2-3-13(17)12(14)8-18/h2-7H,1H3. The number of halogens is 2. The number of benzene rings is 2. The number of nitrogens with zero attached hydrogens (tertiary/aromatic N) is 1. The molecule has 3 nitrogen and oxygen atoms in total. The molecule has 2 rings (SSSR count). The molecule has 0 spiro atoms. The van der Waals surface area contributed by atoms with E-state index in [4.69, 9.17) is 10.00 Å². The lowest BCUT2D eigenvalue weighted by Gasteiger charge is -2.11. The normalized spacial score (nSPS) is 9.90. The highest BCUT2D eigenvalue weighted by Gasteiger charge is 2.14. The number of hydrogen-bond donors (Lipinski definition) is 0. The molecule has 0 amide bonds. The Morgan fingerprint density at radius 2 is 2.05 bits per heavy atom. The van der Waals surface area contributed by atoms with Gasteiger partial charge in [-0.1, -0.05) is 22.0 Å². The third kappa shape index (κ3) is 2.86. The quantitative estimate of drug-likeness (QED) is 0.779. The van der Waals surface area contributed by atoms with Crippen LogP contribution in [0.1, 0.15) is 22.8 Å². The van der Waals surface area contributed by atoms with Crippen molar-refractivity contribution < 1.29 is 13.9 Å². The zero-order valence-corrected chi connectivity index (χ0v) is 12.1. The van der Waals surface area contributed by atoms with Crippen LogP contribution in [0.4, 0.5) is 4.39 Å². The fraction of sp³-hybridized carbons (Fsp3) is 0.0667. The minimum atomic E-state index is -0.661. The maximum absolute atomic E-state index is 13.5. The van der Waals surface area contributed by atoms with E-state index < -0.39 is 5.82 Å². The lowest BCUT2D eigenvalue weighted by Crippen LogP contribution is -1.99. The second-order valence-electron chi connectivity index (χ2n) is 4.02. The molecule has 0 saturated heterocycles. The van der Waals surface area contributed by atoms with E-state index in [-0.39, 0.29) is 22.8 Å². The Kier molecular flexibility index (Phi) is 4.16. The average molecular weight is 334 g/mol. The number of ether oxygens (including phenoxy) is 1. The summed E-state index contributed by atoms with van der Waals surface area (Å²) in [6.45, 7) is 1.41. The Hall–Kier alpha value is -2.19. The maximum Gasteiger partial charge on any atom is 0.163 e. The fourth-order valence-electron chi connectivity index (χ4n) is 1.68. The second kappa shape index (κ2) is 5.85. The van der Waals surface area contributed by atoms with Gasteiger partial charge in [0.1, 0.15) is 28.9 Å². The van der Waals surface area contributed by atoms with E-state index >= 15 is 0 Å². The monoisotopic (exact) mass is 333 g/mol. The summed E-state index contributed by atoms with van der Waals surface area (Å²) in [5.74, 6) is -0.484. The van der Waals surface area contributed by atoms with Crippen LogP contribution in [0, 0.1) is 17.1 Å². The largest absolute Gasteiger partial charge is 0.455 e. The molecule has 0 aliphatic rings. The van der Waals surface area contributed by atoms with Gasteiger partial charge in [0.05, 0.1) is 5.56 Å². The van der Waals surface area contributed by atoms with Crippen molar-refractivity contribution in [3.05, 3.63) is 57.8 Å². The predicted octanol–water partition coefficient (Wildman–Crippen LogP) is 4.45. The lowest BCUT2D eigenvalue weighted by molar-refractivity contribution is 0.101. The van der Waals surface area contributed by atoms with Crippen LogP contribution in [0.25, 0.3) is 0 Å². The van der Waals surface area contributed by atoms with Crippen molar-refractivity contribution in [2.75, 3.05) is 0 Å². The van der Waals surface area contributed by atoms with Crippen LogP contribution in [0.5, 0.6) is 11.5 Å². The summed E-state index contributed by atoms with van der Waals surface area (Å²) in [6, 6.07) is 10.8. The first-order chi connectivity index (χ1) is 9.52. The fourth-order valence-corrected chi connectivity index (χ4v) is 2.04. The number of Topliss-reactive ketones (excluding diaryl/α,β-unsaturated/α-hetero) is 1. The highest BCUT2D eigenvalue weighted by atomic mass is 79.9. The Bertz CT molecular complexity index is 722. The Balaban J connectivity index is 2.49. The van der Waals surface area contributed by atoms with Gasteiger partial charge in [-0.15, -0.1) is 0 Å². The van der Waals surface area contributed by atoms with Crippen LogP contribution in [0.2, 0.25) is 0 Å². The van der Waals surface area contributed by atoms with Gasteiger partial charge in [-0.25, -0.2) is 4.39 Å². The minimum Gasteiger partial charge on any atom is -0.455 e. The SMILES string of the molecule is CC(=O)c1cc(Br)ccc1Oc1cccc(F)c1C#N. The van der Waals surface area contributed by atoms with E-state index in [0.29, 0.717) is 5.56 Å². The molecule has 0 aromatic heterocycles. The predicted molar refractivity (Wildman–Crippen MR) is 75.3 cm³/mol. The summed E-state index contributed by atoms with van der Waals surface area (Å²) < 4.78 is 19.8. The first-order valence-electron chi connectivity index (χ1n) is 5.70. The molecule has 0 saturated carbocycles. The number of hydrogen-bond acceptors (Lipinski definition) is 3. The maximum atomic E-state index is 13.5. The number of carbonyl (C=O) groups excluding carboxylic acids is 1.